The van der Waals surface area contributed by atoms with Crippen LogP contribution in [0.4, 0.5) is 0 Å². The molecule has 0 aromatic heterocycles. The quantitative estimate of drug-likeness (QED) is 0.849. The molecule has 1 aliphatic heterocycles. The van der Waals surface area contributed by atoms with Crippen LogP contribution in [0.3, 0.4) is 0 Å². The number of phenolic OH excluding ortho intramolecular Hbond substituents is 1. The van der Waals surface area contributed by atoms with Crippen molar-refractivity contribution in [1.29, 1.82) is 0 Å². The van der Waals surface area contributed by atoms with Crippen molar-refractivity contribution in [3.63, 3.8) is 0 Å². The molecule has 3 N–H and O–H groups in total. The van der Waals surface area contributed by atoms with Crippen LogP contribution >= 0.6 is 28.3 Å². The summed E-state index contributed by atoms with van der Waals surface area (Å²) in [5.41, 5.74) is 6.11. The van der Waals surface area contributed by atoms with Crippen LogP contribution < -0.4 is 5.73 Å². The third-order valence-electron chi connectivity index (χ3n) is 3.70. The van der Waals surface area contributed by atoms with Crippen molar-refractivity contribution in [2.75, 3.05) is 13.1 Å². The molecule has 20 heavy (non-hydrogen) atoms. The summed E-state index contributed by atoms with van der Waals surface area (Å²) in [6.07, 6.45) is 1.91. The third kappa shape index (κ3) is 3.65. The number of aromatic hydroxyl groups is 1. The molecule has 112 valence electrons. The highest BCUT2D eigenvalue weighted by Crippen LogP contribution is 2.28. The molecule has 1 heterocycles. The van der Waals surface area contributed by atoms with Gasteiger partial charge in [0.25, 0.3) is 5.91 Å². The fourth-order valence-corrected chi connectivity index (χ4v) is 2.94. The number of carbonyl (C=O) groups is 1. The molecular weight excluding hydrogens is 344 g/mol. The van der Waals surface area contributed by atoms with E-state index in [1.807, 2.05) is 0 Å². The molecule has 1 amide bonds. The third-order valence-corrected chi connectivity index (χ3v) is 4.19. The van der Waals surface area contributed by atoms with Gasteiger partial charge in [-0.2, -0.15) is 0 Å². The molecule has 6 heteroatoms. The molecule has 1 aromatic rings. The van der Waals surface area contributed by atoms with Gasteiger partial charge in [-0.3, -0.25) is 4.79 Å². The van der Waals surface area contributed by atoms with Gasteiger partial charge in [-0.15, -0.1) is 12.4 Å². The van der Waals surface area contributed by atoms with E-state index in [9.17, 15) is 9.90 Å². The number of benzene rings is 1. The maximum Gasteiger partial charge on any atom is 0.257 e. The predicted octanol–water partition coefficient (Wildman–Crippen LogP) is 2.78. The average Bonchev–Trinajstić information content (AvgIpc) is 2.40. The molecule has 1 fully saturated rings. The van der Waals surface area contributed by atoms with Gasteiger partial charge in [0, 0.05) is 23.6 Å². The first-order valence-corrected chi connectivity index (χ1v) is 7.31. The summed E-state index contributed by atoms with van der Waals surface area (Å²) in [6.45, 7) is 3.35. The van der Waals surface area contributed by atoms with Crippen LogP contribution in [0.15, 0.2) is 22.7 Å². The second-order valence-corrected chi connectivity index (χ2v) is 6.09. The number of rotatable bonds is 2. The van der Waals surface area contributed by atoms with E-state index in [1.165, 1.54) is 6.07 Å². The summed E-state index contributed by atoms with van der Waals surface area (Å²) in [7, 11) is 0. The number of halogens is 2. The SMILES string of the molecule is CC1CCN(C(=O)c2cc(Br)ccc2O)C(CN)C1.Cl. The first-order chi connectivity index (χ1) is 9.02. The van der Waals surface area contributed by atoms with Gasteiger partial charge in [-0.25, -0.2) is 0 Å². The zero-order valence-electron chi connectivity index (χ0n) is 11.4. The number of hydrogen-bond donors (Lipinski definition) is 2. The van der Waals surface area contributed by atoms with Gasteiger partial charge in [-0.05, 0) is 37.0 Å². The van der Waals surface area contributed by atoms with Gasteiger partial charge in [-0.1, -0.05) is 22.9 Å². The second kappa shape index (κ2) is 7.29. The second-order valence-electron chi connectivity index (χ2n) is 5.18. The van der Waals surface area contributed by atoms with E-state index >= 15 is 0 Å². The van der Waals surface area contributed by atoms with E-state index in [2.05, 4.69) is 22.9 Å². The number of phenols is 1. The van der Waals surface area contributed by atoms with Crippen LogP contribution in [0.2, 0.25) is 0 Å². The fourth-order valence-electron chi connectivity index (χ4n) is 2.58. The summed E-state index contributed by atoms with van der Waals surface area (Å²) in [6, 6.07) is 4.96. The minimum Gasteiger partial charge on any atom is -0.507 e. The van der Waals surface area contributed by atoms with Crippen LogP contribution in [0.1, 0.15) is 30.1 Å². The number of amides is 1. The Balaban J connectivity index is 0.00000200. The summed E-state index contributed by atoms with van der Waals surface area (Å²) in [4.78, 5) is 14.3. The van der Waals surface area contributed by atoms with Crippen molar-refractivity contribution in [3.8, 4) is 5.75 Å². The van der Waals surface area contributed by atoms with Crippen LogP contribution in [0.25, 0.3) is 0 Å². The molecule has 2 atom stereocenters. The highest BCUT2D eigenvalue weighted by atomic mass is 79.9. The molecule has 1 aromatic carbocycles. The maximum absolute atomic E-state index is 12.5. The molecule has 0 saturated carbocycles. The molecule has 0 aliphatic carbocycles. The van der Waals surface area contributed by atoms with Gasteiger partial charge >= 0.3 is 0 Å². The van der Waals surface area contributed by atoms with Crippen LogP contribution in [0, 0.1) is 5.92 Å². The summed E-state index contributed by atoms with van der Waals surface area (Å²) in [5.74, 6) is 0.470. The minimum atomic E-state index is -0.138. The molecule has 0 spiro atoms. The van der Waals surface area contributed by atoms with Gasteiger partial charge in [0.2, 0.25) is 0 Å². The number of likely N-dealkylation sites (tertiary alicyclic amines) is 1. The lowest BCUT2D eigenvalue weighted by Crippen LogP contribution is -2.49. The highest BCUT2D eigenvalue weighted by Gasteiger charge is 2.30. The molecule has 4 nitrogen and oxygen atoms in total. The Bertz CT molecular complexity index is 484. The highest BCUT2D eigenvalue weighted by molar-refractivity contribution is 9.10. The number of nitrogens with two attached hydrogens (primary N) is 1. The van der Waals surface area contributed by atoms with Crippen molar-refractivity contribution in [2.45, 2.75) is 25.8 Å². The number of piperidine rings is 1. The number of hydrogen-bond acceptors (Lipinski definition) is 3. The Hall–Kier alpha value is -0.780. The zero-order valence-corrected chi connectivity index (χ0v) is 13.8. The predicted molar refractivity (Wildman–Crippen MR) is 85.3 cm³/mol. The standard InChI is InChI=1S/C14H19BrN2O2.ClH/c1-9-4-5-17(11(6-9)8-16)14(19)12-7-10(15)2-3-13(12)18;/h2-3,7,9,11,18H,4-6,8,16H2,1H3;1H. The Morgan fingerprint density at radius 3 is 2.90 bits per heavy atom. The first kappa shape index (κ1) is 17.3. The van der Waals surface area contributed by atoms with Gasteiger partial charge in [0.05, 0.1) is 5.56 Å². The van der Waals surface area contributed by atoms with Crippen molar-refractivity contribution in [1.82, 2.24) is 4.90 Å². The molecule has 1 saturated heterocycles. The van der Waals surface area contributed by atoms with Crippen molar-refractivity contribution in [3.05, 3.63) is 28.2 Å². The molecule has 0 bridgehead atoms. The van der Waals surface area contributed by atoms with Crippen molar-refractivity contribution < 1.29 is 9.90 Å². The largest absolute Gasteiger partial charge is 0.507 e. The van der Waals surface area contributed by atoms with E-state index < -0.39 is 0 Å². The first-order valence-electron chi connectivity index (χ1n) is 6.52. The molecular formula is C14H20BrClN2O2. The molecule has 0 radical (unpaired) electrons. The normalized spacial score (nSPS) is 22.2. The zero-order chi connectivity index (χ0) is 14.0. The minimum absolute atomic E-state index is 0. The Labute approximate surface area is 133 Å². The molecule has 2 unspecified atom stereocenters. The van der Waals surface area contributed by atoms with Gasteiger partial charge in [0.15, 0.2) is 0 Å². The average molecular weight is 364 g/mol. The fraction of sp³-hybridized carbons (Fsp3) is 0.500. The van der Waals surface area contributed by atoms with E-state index in [4.69, 9.17) is 5.73 Å². The molecule has 1 aliphatic rings. The number of nitrogens with zero attached hydrogens (tertiary/aromatic N) is 1. The summed E-state index contributed by atoms with van der Waals surface area (Å²) < 4.78 is 0.781. The Morgan fingerprint density at radius 1 is 1.55 bits per heavy atom. The lowest BCUT2D eigenvalue weighted by Gasteiger charge is -2.38. The Morgan fingerprint density at radius 2 is 2.25 bits per heavy atom. The molecule has 2 rings (SSSR count). The van der Waals surface area contributed by atoms with Crippen molar-refractivity contribution >= 4 is 34.2 Å². The summed E-state index contributed by atoms with van der Waals surface area (Å²) in [5, 5.41) is 9.85. The van der Waals surface area contributed by atoms with Crippen molar-refractivity contribution in [2.24, 2.45) is 11.7 Å². The topological polar surface area (TPSA) is 66.6 Å². The Kier molecular flexibility index (Phi) is 6.30. The van der Waals surface area contributed by atoms with Crippen LogP contribution in [-0.2, 0) is 0 Å². The van der Waals surface area contributed by atoms with E-state index in [0.29, 0.717) is 24.6 Å². The lowest BCUT2D eigenvalue weighted by molar-refractivity contribution is 0.0570. The van der Waals surface area contributed by atoms with Gasteiger partial charge in [0.1, 0.15) is 5.75 Å². The smallest absolute Gasteiger partial charge is 0.257 e. The summed E-state index contributed by atoms with van der Waals surface area (Å²) >= 11 is 3.32. The van der Waals surface area contributed by atoms with E-state index in [1.54, 1.807) is 17.0 Å². The van der Waals surface area contributed by atoms with E-state index in [0.717, 1.165) is 17.3 Å². The maximum atomic E-state index is 12.5. The lowest BCUT2D eigenvalue weighted by atomic mass is 9.92. The van der Waals surface area contributed by atoms with E-state index in [-0.39, 0.29) is 30.1 Å². The van der Waals surface area contributed by atoms with Gasteiger partial charge < -0.3 is 15.7 Å². The monoisotopic (exact) mass is 362 g/mol. The van der Waals surface area contributed by atoms with Crippen LogP contribution in [-0.4, -0.2) is 35.0 Å². The van der Waals surface area contributed by atoms with Crippen LogP contribution in [0.5, 0.6) is 5.75 Å². The number of carbonyl (C=O) groups excluding carboxylic acids is 1.